The number of ether oxygens (including phenoxy) is 1. The van der Waals surface area contributed by atoms with Crippen molar-refractivity contribution in [1.82, 2.24) is 9.97 Å². The molecular formula is C13H20ClN3O. The molecule has 4 nitrogen and oxygen atoms in total. The Morgan fingerprint density at radius 3 is 2.72 bits per heavy atom. The van der Waals surface area contributed by atoms with E-state index >= 15 is 0 Å². The maximum absolute atomic E-state index is 6.10. The van der Waals surface area contributed by atoms with Gasteiger partial charge in [0.05, 0.1) is 11.6 Å². The molecule has 1 N–H and O–H groups in total. The lowest BCUT2D eigenvalue weighted by molar-refractivity contribution is 0.232. The molecule has 0 amide bonds. The molecule has 0 spiro atoms. The standard InChI is InChI=1S/C13H20ClN3O/c1-10(2)18-12-7-11(15-9-16-12)17-13(8-14)5-3-4-6-13/h7,9-10H,3-6,8H2,1-2H3,(H,15,16,17). The van der Waals surface area contributed by atoms with Gasteiger partial charge in [0.15, 0.2) is 0 Å². The van der Waals surface area contributed by atoms with Crippen LogP contribution in [0.2, 0.25) is 0 Å². The van der Waals surface area contributed by atoms with Gasteiger partial charge in [0.1, 0.15) is 12.1 Å². The molecule has 1 saturated carbocycles. The summed E-state index contributed by atoms with van der Waals surface area (Å²) >= 11 is 6.10. The molecule has 100 valence electrons. The van der Waals surface area contributed by atoms with E-state index in [0.717, 1.165) is 18.7 Å². The molecule has 0 unspecified atom stereocenters. The van der Waals surface area contributed by atoms with E-state index in [1.165, 1.54) is 19.2 Å². The smallest absolute Gasteiger partial charge is 0.218 e. The van der Waals surface area contributed by atoms with Crippen LogP contribution < -0.4 is 10.1 Å². The van der Waals surface area contributed by atoms with Crippen molar-refractivity contribution < 1.29 is 4.74 Å². The molecular weight excluding hydrogens is 250 g/mol. The van der Waals surface area contributed by atoms with Gasteiger partial charge in [-0.15, -0.1) is 11.6 Å². The number of alkyl halides is 1. The Labute approximate surface area is 113 Å². The minimum Gasteiger partial charge on any atom is -0.475 e. The van der Waals surface area contributed by atoms with Crippen LogP contribution in [0.4, 0.5) is 5.82 Å². The zero-order chi connectivity index (χ0) is 13.0. The largest absolute Gasteiger partial charge is 0.475 e. The van der Waals surface area contributed by atoms with Gasteiger partial charge in [0, 0.05) is 11.9 Å². The van der Waals surface area contributed by atoms with Gasteiger partial charge < -0.3 is 10.1 Å². The predicted octanol–water partition coefficient (Wildman–Crippen LogP) is 3.23. The van der Waals surface area contributed by atoms with Gasteiger partial charge >= 0.3 is 0 Å². The fourth-order valence-electron chi connectivity index (χ4n) is 2.33. The molecule has 1 fully saturated rings. The number of hydrogen-bond donors (Lipinski definition) is 1. The van der Waals surface area contributed by atoms with Crippen LogP contribution in [0.3, 0.4) is 0 Å². The SMILES string of the molecule is CC(C)Oc1cc(NC2(CCl)CCCC2)ncn1. The molecule has 1 aromatic heterocycles. The second-order valence-corrected chi connectivity index (χ2v) is 5.42. The minimum absolute atomic E-state index is 0.00892. The van der Waals surface area contributed by atoms with Crippen molar-refractivity contribution in [2.75, 3.05) is 11.2 Å². The fraction of sp³-hybridized carbons (Fsp3) is 0.692. The Morgan fingerprint density at radius 2 is 2.11 bits per heavy atom. The third-order valence-electron chi connectivity index (χ3n) is 3.21. The quantitative estimate of drug-likeness (QED) is 0.834. The highest BCUT2D eigenvalue weighted by molar-refractivity contribution is 6.18. The monoisotopic (exact) mass is 269 g/mol. The Morgan fingerprint density at radius 1 is 1.39 bits per heavy atom. The highest BCUT2D eigenvalue weighted by Gasteiger charge is 2.33. The number of nitrogens with zero attached hydrogens (tertiary/aromatic N) is 2. The van der Waals surface area contributed by atoms with Crippen LogP contribution in [0.25, 0.3) is 0 Å². The van der Waals surface area contributed by atoms with Gasteiger partial charge in [-0.1, -0.05) is 12.8 Å². The summed E-state index contributed by atoms with van der Waals surface area (Å²) < 4.78 is 5.56. The molecule has 18 heavy (non-hydrogen) atoms. The number of nitrogens with one attached hydrogen (secondary N) is 1. The summed E-state index contributed by atoms with van der Waals surface area (Å²) in [5.74, 6) is 2.01. The predicted molar refractivity (Wildman–Crippen MR) is 73.3 cm³/mol. The van der Waals surface area contributed by atoms with Crippen molar-refractivity contribution in [3.8, 4) is 5.88 Å². The molecule has 1 aromatic rings. The van der Waals surface area contributed by atoms with Gasteiger partial charge in [-0.05, 0) is 26.7 Å². The van der Waals surface area contributed by atoms with Crippen LogP contribution in [0.1, 0.15) is 39.5 Å². The van der Waals surface area contributed by atoms with E-state index in [4.69, 9.17) is 16.3 Å². The van der Waals surface area contributed by atoms with Crippen molar-refractivity contribution in [1.29, 1.82) is 0 Å². The fourth-order valence-corrected chi connectivity index (χ4v) is 2.66. The molecule has 0 bridgehead atoms. The molecule has 5 heteroatoms. The maximum atomic E-state index is 6.10. The van der Waals surface area contributed by atoms with Gasteiger partial charge in [0.2, 0.25) is 5.88 Å². The van der Waals surface area contributed by atoms with Gasteiger partial charge in [-0.3, -0.25) is 0 Å². The normalized spacial score (nSPS) is 18.0. The third-order valence-corrected chi connectivity index (χ3v) is 3.72. The Bertz CT molecular complexity index is 392. The summed E-state index contributed by atoms with van der Waals surface area (Å²) in [6, 6.07) is 1.84. The summed E-state index contributed by atoms with van der Waals surface area (Å²) in [6.45, 7) is 3.96. The average Bonchev–Trinajstić information content (AvgIpc) is 2.78. The van der Waals surface area contributed by atoms with E-state index in [9.17, 15) is 0 Å². The van der Waals surface area contributed by atoms with Crippen molar-refractivity contribution in [2.45, 2.75) is 51.2 Å². The van der Waals surface area contributed by atoms with Crippen LogP contribution in [0.15, 0.2) is 12.4 Å². The van der Waals surface area contributed by atoms with Crippen LogP contribution in [-0.2, 0) is 0 Å². The zero-order valence-corrected chi connectivity index (χ0v) is 11.7. The number of anilines is 1. The lowest BCUT2D eigenvalue weighted by Crippen LogP contribution is -2.37. The number of rotatable bonds is 5. The first kappa shape index (κ1) is 13.4. The summed E-state index contributed by atoms with van der Waals surface area (Å²) in [5.41, 5.74) is -0.00892. The molecule has 1 heterocycles. The highest BCUT2D eigenvalue weighted by atomic mass is 35.5. The molecule has 0 radical (unpaired) electrons. The van der Waals surface area contributed by atoms with Gasteiger partial charge in [-0.25, -0.2) is 9.97 Å². The van der Waals surface area contributed by atoms with E-state index in [0.29, 0.717) is 11.8 Å². The topological polar surface area (TPSA) is 47.0 Å². The van der Waals surface area contributed by atoms with Crippen LogP contribution in [0.5, 0.6) is 5.88 Å². The Kier molecular flexibility index (Phi) is 4.27. The first-order chi connectivity index (χ1) is 8.63. The molecule has 0 atom stereocenters. The average molecular weight is 270 g/mol. The summed E-state index contributed by atoms with van der Waals surface area (Å²) in [7, 11) is 0. The number of aromatic nitrogens is 2. The summed E-state index contributed by atoms with van der Waals surface area (Å²) in [5, 5.41) is 3.45. The van der Waals surface area contributed by atoms with Crippen molar-refractivity contribution in [3.63, 3.8) is 0 Å². The molecule has 0 aliphatic heterocycles. The third kappa shape index (κ3) is 3.25. The van der Waals surface area contributed by atoms with Crippen molar-refractivity contribution >= 4 is 17.4 Å². The van der Waals surface area contributed by atoms with E-state index in [1.54, 1.807) is 0 Å². The highest BCUT2D eigenvalue weighted by Crippen LogP contribution is 2.34. The molecule has 1 aliphatic carbocycles. The number of hydrogen-bond acceptors (Lipinski definition) is 4. The van der Waals surface area contributed by atoms with Crippen LogP contribution in [-0.4, -0.2) is 27.5 Å². The van der Waals surface area contributed by atoms with E-state index < -0.39 is 0 Å². The number of halogens is 1. The Balaban J connectivity index is 2.08. The van der Waals surface area contributed by atoms with E-state index in [2.05, 4.69) is 15.3 Å². The molecule has 0 saturated heterocycles. The molecule has 1 aliphatic rings. The molecule has 2 rings (SSSR count). The van der Waals surface area contributed by atoms with Crippen LogP contribution in [0, 0.1) is 0 Å². The van der Waals surface area contributed by atoms with Crippen molar-refractivity contribution in [2.24, 2.45) is 0 Å². The maximum Gasteiger partial charge on any atom is 0.218 e. The van der Waals surface area contributed by atoms with Crippen molar-refractivity contribution in [3.05, 3.63) is 12.4 Å². The van der Waals surface area contributed by atoms with Crippen LogP contribution >= 0.6 is 11.6 Å². The van der Waals surface area contributed by atoms with Gasteiger partial charge in [-0.2, -0.15) is 0 Å². The Hall–Kier alpha value is -1.03. The van der Waals surface area contributed by atoms with Gasteiger partial charge in [0.25, 0.3) is 0 Å². The molecule has 0 aromatic carbocycles. The first-order valence-electron chi connectivity index (χ1n) is 6.46. The summed E-state index contributed by atoms with van der Waals surface area (Å²) in [4.78, 5) is 8.34. The second-order valence-electron chi connectivity index (χ2n) is 5.15. The second kappa shape index (κ2) is 5.74. The lowest BCUT2D eigenvalue weighted by Gasteiger charge is -2.28. The summed E-state index contributed by atoms with van der Waals surface area (Å²) in [6.07, 6.45) is 6.28. The zero-order valence-electron chi connectivity index (χ0n) is 10.9. The van der Waals surface area contributed by atoms with E-state index in [-0.39, 0.29) is 11.6 Å². The van der Waals surface area contributed by atoms with E-state index in [1.807, 2.05) is 19.9 Å². The first-order valence-corrected chi connectivity index (χ1v) is 7.00. The minimum atomic E-state index is -0.00892. The lowest BCUT2D eigenvalue weighted by atomic mass is 10.0.